The molecule has 0 radical (unpaired) electrons. The molecule has 0 fully saturated rings. The molecule has 2 aromatic rings. The third-order valence-corrected chi connectivity index (χ3v) is 13.2. The minimum atomic E-state index is 0.932. The standard InChI is InChI=1S/C63H102N2/c1-4-7-10-12-14-16-18-20-22-24-26-28-30-32-34-36-38-40-42-45-47-59-50-54-61(55-51-59)64-58-63(49-44-9-6-3)65-62-56-52-60(53-57-62)48-46-43-41-39-37-35-33-31-29-27-25-23-21-19-17-15-13-11-8-5-2/h50-58H,4-44,49H2,1-3H3. The lowest BCUT2D eigenvalue weighted by atomic mass is 10.0. The zero-order valence-corrected chi connectivity index (χ0v) is 43.3. The molecule has 0 unspecified atom stereocenters. The number of aliphatic imine (C=N–C) groups is 2. The molecular formula is C63H102N2. The molecule has 0 spiro atoms. The van der Waals surface area contributed by atoms with Crippen LogP contribution in [0, 0.1) is 23.7 Å². The molecule has 2 heteroatoms. The van der Waals surface area contributed by atoms with E-state index in [0.29, 0.717) is 0 Å². The van der Waals surface area contributed by atoms with Crippen LogP contribution in [0.5, 0.6) is 0 Å². The Bertz CT molecular complexity index is 1510. The van der Waals surface area contributed by atoms with Gasteiger partial charge in [0.25, 0.3) is 0 Å². The lowest BCUT2D eigenvalue weighted by Gasteiger charge is -2.03. The van der Waals surface area contributed by atoms with E-state index in [1.54, 1.807) is 0 Å². The normalized spacial score (nSPS) is 11.5. The van der Waals surface area contributed by atoms with Gasteiger partial charge in [0.05, 0.1) is 17.1 Å². The van der Waals surface area contributed by atoms with E-state index < -0.39 is 0 Å². The summed E-state index contributed by atoms with van der Waals surface area (Å²) in [6, 6.07) is 16.8. The predicted octanol–water partition coefficient (Wildman–Crippen LogP) is 21.3. The molecule has 0 N–H and O–H groups in total. The SMILES string of the molecule is CCCCCCCCCCCCCCCCCCCCC#Cc1ccc(N=CC(CCCCC)=Nc2ccc(C#CCCCCCCCCCCCCCCCCCCCC)cc2)cc1. The second-order valence-corrected chi connectivity index (χ2v) is 19.5. The van der Waals surface area contributed by atoms with Crippen molar-refractivity contribution in [2.24, 2.45) is 9.98 Å². The minimum Gasteiger partial charge on any atom is -0.255 e. The van der Waals surface area contributed by atoms with Crippen LogP contribution in [0.2, 0.25) is 0 Å². The Hall–Kier alpha value is -3.10. The fraction of sp³-hybridized carbons (Fsp3) is 0.714. The van der Waals surface area contributed by atoms with Gasteiger partial charge in [0.15, 0.2) is 0 Å². The first-order valence-electron chi connectivity index (χ1n) is 28.5. The van der Waals surface area contributed by atoms with E-state index >= 15 is 0 Å². The molecule has 0 bridgehead atoms. The Morgan fingerprint density at radius 2 is 0.615 bits per heavy atom. The molecule has 2 nitrogen and oxygen atoms in total. The van der Waals surface area contributed by atoms with Crippen LogP contribution in [0.25, 0.3) is 0 Å². The zero-order valence-electron chi connectivity index (χ0n) is 43.3. The van der Waals surface area contributed by atoms with Gasteiger partial charge in [-0.1, -0.05) is 276 Å². The van der Waals surface area contributed by atoms with Gasteiger partial charge in [0.1, 0.15) is 0 Å². The number of nitrogens with zero attached hydrogens (tertiary/aromatic N) is 2. The van der Waals surface area contributed by atoms with E-state index in [0.717, 1.165) is 53.9 Å². The second-order valence-electron chi connectivity index (χ2n) is 19.5. The quantitative estimate of drug-likeness (QED) is 0.0360. The van der Waals surface area contributed by atoms with Crippen LogP contribution in [0.4, 0.5) is 11.4 Å². The van der Waals surface area contributed by atoms with E-state index in [9.17, 15) is 0 Å². The number of unbranched alkanes of at least 4 members (excludes halogenated alkanes) is 38. The summed E-state index contributed by atoms with van der Waals surface area (Å²) in [5.41, 5.74) is 5.09. The second kappa shape index (κ2) is 46.0. The number of benzene rings is 2. The van der Waals surface area contributed by atoms with E-state index in [-0.39, 0.29) is 0 Å². The molecular weight excluding hydrogens is 785 g/mol. The minimum absolute atomic E-state index is 0.932. The molecule has 2 rings (SSSR count). The van der Waals surface area contributed by atoms with Crippen molar-refractivity contribution in [2.45, 2.75) is 290 Å². The largest absolute Gasteiger partial charge is 0.255 e. The first kappa shape index (κ1) is 58.0. The summed E-state index contributed by atoms with van der Waals surface area (Å²) in [5, 5.41) is 0. The van der Waals surface area contributed by atoms with Crippen LogP contribution in [0.3, 0.4) is 0 Å². The number of rotatable bonds is 43. The average molecular weight is 888 g/mol. The van der Waals surface area contributed by atoms with Gasteiger partial charge in [-0.3, -0.25) is 9.98 Å². The third kappa shape index (κ3) is 37.7. The Morgan fingerprint density at radius 1 is 0.338 bits per heavy atom. The van der Waals surface area contributed by atoms with Crippen molar-refractivity contribution in [1.29, 1.82) is 0 Å². The van der Waals surface area contributed by atoms with Crippen LogP contribution in [-0.2, 0) is 0 Å². The van der Waals surface area contributed by atoms with Crippen LogP contribution in [0.1, 0.15) is 302 Å². The summed E-state index contributed by atoms with van der Waals surface area (Å²) in [4.78, 5) is 9.82. The first-order valence-corrected chi connectivity index (χ1v) is 28.5. The summed E-state index contributed by atoms with van der Waals surface area (Å²) in [6.07, 6.45) is 59.2. The fourth-order valence-corrected chi connectivity index (χ4v) is 8.83. The monoisotopic (exact) mass is 887 g/mol. The molecule has 0 saturated carbocycles. The van der Waals surface area contributed by atoms with E-state index in [1.807, 2.05) is 6.21 Å². The molecule has 0 aromatic heterocycles. The number of hydrogen-bond acceptors (Lipinski definition) is 2. The summed E-state index contributed by atoms with van der Waals surface area (Å²) in [5.74, 6) is 13.6. The van der Waals surface area contributed by atoms with E-state index in [2.05, 4.69) is 93.0 Å². The Balaban J connectivity index is 1.56. The molecule has 0 aliphatic heterocycles. The highest BCUT2D eigenvalue weighted by atomic mass is 14.8. The molecule has 0 saturated heterocycles. The van der Waals surface area contributed by atoms with Crippen molar-refractivity contribution < 1.29 is 0 Å². The smallest absolute Gasteiger partial charge is 0.0634 e. The maximum Gasteiger partial charge on any atom is 0.0634 e. The van der Waals surface area contributed by atoms with Crippen molar-refractivity contribution in [3.8, 4) is 23.7 Å². The van der Waals surface area contributed by atoms with E-state index in [4.69, 9.17) is 9.98 Å². The molecule has 65 heavy (non-hydrogen) atoms. The van der Waals surface area contributed by atoms with Crippen LogP contribution >= 0.6 is 0 Å². The molecule has 364 valence electrons. The molecule has 0 atom stereocenters. The van der Waals surface area contributed by atoms with Gasteiger partial charge in [-0.25, -0.2) is 0 Å². The van der Waals surface area contributed by atoms with Gasteiger partial charge in [-0.05, 0) is 74.2 Å². The fourth-order valence-electron chi connectivity index (χ4n) is 8.83. The highest BCUT2D eigenvalue weighted by Gasteiger charge is 2.01. The van der Waals surface area contributed by atoms with Gasteiger partial charge in [0, 0.05) is 30.2 Å². The third-order valence-electron chi connectivity index (χ3n) is 13.2. The Kier molecular flexibility index (Phi) is 41.1. The van der Waals surface area contributed by atoms with E-state index in [1.165, 1.54) is 244 Å². The average Bonchev–Trinajstić information content (AvgIpc) is 3.33. The predicted molar refractivity (Wildman–Crippen MR) is 293 cm³/mol. The van der Waals surface area contributed by atoms with Gasteiger partial charge < -0.3 is 0 Å². The molecule has 2 aromatic carbocycles. The van der Waals surface area contributed by atoms with Crippen molar-refractivity contribution in [1.82, 2.24) is 0 Å². The summed E-state index contributed by atoms with van der Waals surface area (Å²) in [7, 11) is 0. The molecule has 0 aliphatic carbocycles. The summed E-state index contributed by atoms with van der Waals surface area (Å²) in [6.45, 7) is 6.85. The van der Waals surface area contributed by atoms with Gasteiger partial charge in [0.2, 0.25) is 0 Å². The summed E-state index contributed by atoms with van der Waals surface area (Å²) < 4.78 is 0. The van der Waals surface area contributed by atoms with Gasteiger partial charge in [-0.15, -0.1) is 0 Å². The highest BCUT2D eigenvalue weighted by Crippen LogP contribution is 2.19. The van der Waals surface area contributed by atoms with Gasteiger partial charge >= 0.3 is 0 Å². The lowest BCUT2D eigenvalue weighted by Crippen LogP contribution is -1.99. The van der Waals surface area contributed by atoms with Crippen LogP contribution < -0.4 is 0 Å². The number of hydrogen-bond donors (Lipinski definition) is 0. The van der Waals surface area contributed by atoms with Crippen molar-refractivity contribution in [2.75, 3.05) is 0 Å². The molecule has 0 heterocycles. The Morgan fingerprint density at radius 3 is 0.938 bits per heavy atom. The highest BCUT2D eigenvalue weighted by molar-refractivity contribution is 6.31. The molecule has 0 amide bonds. The first-order chi connectivity index (χ1) is 32.2. The zero-order chi connectivity index (χ0) is 46.2. The summed E-state index contributed by atoms with van der Waals surface area (Å²) >= 11 is 0. The van der Waals surface area contributed by atoms with Crippen LogP contribution in [0.15, 0.2) is 58.5 Å². The Labute approximate surface area is 405 Å². The molecule has 0 aliphatic rings. The maximum absolute atomic E-state index is 5.00. The van der Waals surface area contributed by atoms with Crippen LogP contribution in [-0.4, -0.2) is 11.9 Å². The van der Waals surface area contributed by atoms with Crippen molar-refractivity contribution in [3.63, 3.8) is 0 Å². The lowest BCUT2D eigenvalue weighted by molar-refractivity contribution is 0.525. The van der Waals surface area contributed by atoms with Crippen molar-refractivity contribution in [3.05, 3.63) is 59.7 Å². The van der Waals surface area contributed by atoms with Crippen molar-refractivity contribution >= 4 is 23.3 Å². The van der Waals surface area contributed by atoms with Gasteiger partial charge in [-0.2, -0.15) is 0 Å². The topological polar surface area (TPSA) is 24.7 Å². The maximum atomic E-state index is 5.00.